The van der Waals surface area contributed by atoms with Gasteiger partial charge in [-0.25, -0.2) is 0 Å². The van der Waals surface area contributed by atoms with Gasteiger partial charge in [0.15, 0.2) is 3.95 Å². The van der Waals surface area contributed by atoms with E-state index in [1.165, 1.54) is 11.3 Å². The van der Waals surface area contributed by atoms with Gasteiger partial charge in [-0.2, -0.15) is 0 Å². The molecule has 2 atom stereocenters. The van der Waals surface area contributed by atoms with Crippen LogP contribution in [0.25, 0.3) is 0 Å². The van der Waals surface area contributed by atoms with Gasteiger partial charge in [-0.05, 0) is 32.5 Å². The van der Waals surface area contributed by atoms with Gasteiger partial charge in [0.2, 0.25) is 5.91 Å². The van der Waals surface area contributed by atoms with Crippen molar-refractivity contribution in [2.75, 3.05) is 14.2 Å². The second-order valence-corrected chi connectivity index (χ2v) is 8.39. The smallest absolute Gasteiger partial charge is 0.227 e. The molecule has 1 aromatic heterocycles. The van der Waals surface area contributed by atoms with Crippen LogP contribution in [0.5, 0.6) is 0 Å². The maximum atomic E-state index is 12.5. The van der Waals surface area contributed by atoms with Crippen LogP contribution in [0.1, 0.15) is 37.8 Å². The minimum Gasteiger partial charge on any atom is -0.378 e. The van der Waals surface area contributed by atoms with E-state index in [0.717, 1.165) is 20.9 Å². The van der Waals surface area contributed by atoms with E-state index in [9.17, 15) is 4.79 Å². The molecule has 0 saturated heterocycles. The number of likely N-dealkylation sites (N-methyl/N-ethyl adjacent to an activating group) is 1. The van der Waals surface area contributed by atoms with Crippen molar-refractivity contribution >= 4 is 29.5 Å². The Kier molecular flexibility index (Phi) is 4.35. The zero-order valence-corrected chi connectivity index (χ0v) is 15.2. The van der Waals surface area contributed by atoms with Gasteiger partial charge in [0.25, 0.3) is 0 Å². The van der Waals surface area contributed by atoms with Crippen LogP contribution in [-0.2, 0) is 16.0 Å². The molecule has 0 radical (unpaired) electrons. The summed E-state index contributed by atoms with van der Waals surface area (Å²) in [5, 5.41) is 0. The van der Waals surface area contributed by atoms with Crippen molar-refractivity contribution in [2.24, 2.45) is 5.41 Å². The number of rotatable bonds is 4. The second-order valence-electron chi connectivity index (χ2n) is 6.62. The number of thiazole rings is 1. The molecule has 1 amide bonds. The number of carbonyl (C=O) groups is 1. The van der Waals surface area contributed by atoms with E-state index in [1.54, 1.807) is 7.11 Å². The number of methoxy groups -OCH3 is 1. The lowest BCUT2D eigenvalue weighted by Gasteiger charge is -2.61. The summed E-state index contributed by atoms with van der Waals surface area (Å²) in [4.78, 5) is 18.5. The highest BCUT2D eigenvalue weighted by Crippen LogP contribution is 2.53. The van der Waals surface area contributed by atoms with Gasteiger partial charge < -0.3 is 14.6 Å². The topological polar surface area (TPSA) is 45.3 Å². The summed E-state index contributed by atoms with van der Waals surface area (Å²) < 4.78 is 6.37. The van der Waals surface area contributed by atoms with Crippen molar-refractivity contribution in [1.82, 2.24) is 9.88 Å². The fraction of sp³-hybridized carbons (Fsp3) is 0.733. The number of ether oxygens (including phenoxy) is 1. The molecule has 1 aromatic rings. The number of nitrogens with zero attached hydrogens (tertiary/aromatic N) is 1. The van der Waals surface area contributed by atoms with Crippen LogP contribution >= 0.6 is 23.6 Å². The first-order valence-corrected chi connectivity index (χ1v) is 8.34. The van der Waals surface area contributed by atoms with Crippen LogP contribution in [0.2, 0.25) is 0 Å². The normalized spacial score (nSPS) is 27.2. The van der Waals surface area contributed by atoms with Gasteiger partial charge in [-0.15, -0.1) is 11.3 Å². The Balaban J connectivity index is 2.08. The average molecular weight is 329 g/mol. The number of carbonyl (C=O) groups excluding carboxylic acids is 1. The standard InChI is InChI=1S/C15H24N2O2S2/c1-9-10(21-13(20)16-9)7-12(18)17(5)11-8-15(4,19-6)14(11,2)3/h11H,7-8H2,1-6H3,(H,16,20). The summed E-state index contributed by atoms with van der Waals surface area (Å²) in [6.07, 6.45) is 1.29. The molecule has 1 aliphatic rings. The molecule has 0 bridgehead atoms. The first kappa shape index (κ1) is 16.6. The lowest BCUT2D eigenvalue weighted by atomic mass is 9.55. The molecule has 1 heterocycles. The van der Waals surface area contributed by atoms with Gasteiger partial charge in [0, 0.05) is 36.2 Å². The zero-order valence-electron chi connectivity index (χ0n) is 13.6. The summed E-state index contributed by atoms with van der Waals surface area (Å²) in [6.45, 7) is 8.41. The number of aryl methyl sites for hydroxylation is 1. The fourth-order valence-electron chi connectivity index (χ4n) is 3.12. The summed E-state index contributed by atoms with van der Waals surface area (Å²) in [7, 11) is 3.64. The number of aromatic amines is 1. The highest BCUT2D eigenvalue weighted by atomic mass is 32.1. The van der Waals surface area contributed by atoms with Gasteiger partial charge in [0.1, 0.15) is 0 Å². The molecule has 1 aliphatic carbocycles. The third-order valence-corrected chi connectivity index (χ3v) is 6.66. The van der Waals surface area contributed by atoms with Crippen LogP contribution in [0, 0.1) is 16.3 Å². The van der Waals surface area contributed by atoms with E-state index >= 15 is 0 Å². The first-order chi connectivity index (χ1) is 9.62. The summed E-state index contributed by atoms with van der Waals surface area (Å²) >= 11 is 6.62. The minimum atomic E-state index is -0.160. The Hall–Kier alpha value is -0.720. The molecular formula is C15H24N2O2S2. The molecule has 0 aliphatic heterocycles. The third-order valence-electron chi connectivity index (χ3n) is 5.33. The summed E-state index contributed by atoms with van der Waals surface area (Å²) in [6, 6.07) is 0.210. The van der Waals surface area contributed by atoms with E-state index in [-0.39, 0.29) is 23.0 Å². The number of H-pyrrole nitrogens is 1. The Labute approximate surface area is 135 Å². The highest BCUT2D eigenvalue weighted by Gasteiger charge is 2.59. The van der Waals surface area contributed by atoms with Crippen LogP contribution in [-0.4, -0.2) is 41.6 Å². The van der Waals surface area contributed by atoms with Crippen LogP contribution < -0.4 is 0 Å². The Bertz CT molecular complexity index is 605. The zero-order chi connectivity index (χ0) is 16.0. The molecule has 1 fully saturated rings. The lowest BCUT2D eigenvalue weighted by molar-refractivity contribution is -0.207. The number of amides is 1. The Morgan fingerprint density at radius 1 is 1.52 bits per heavy atom. The average Bonchev–Trinajstić information content (AvgIpc) is 2.72. The van der Waals surface area contributed by atoms with Gasteiger partial charge in [-0.3, -0.25) is 4.79 Å². The van der Waals surface area contributed by atoms with Gasteiger partial charge in [0.05, 0.1) is 12.0 Å². The molecule has 4 nitrogen and oxygen atoms in total. The van der Waals surface area contributed by atoms with Crippen molar-refractivity contribution in [3.63, 3.8) is 0 Å². The van der Waals surface area contributed by atoms with Crippen molar-refractivity contribution in [3.8, 4) is 0 Å². The largest absolute Gasteiger partial charge is 0.378 e. The van der Waals surface area contributed by atoms with Crippen LogP contribution in [0.4, 0.5) is 0 Å². The molecular weight excluding hydrogens is 304 g/mol. The maximum absolute atomic E-state index is 12.5. The summed E-state index contributed by atoms with van der Waals surface area (Å²) in [5.74, 6) is 0.138. The Morgan fingerprint density at radius 2 is 2.14 bits per heavy atom. The molecule has 21 heavy (non-hydrogen) atoms. The number of aromatic nitrogens is 1. The van der Waals surface area contributed by atoms with E-state index < -0.39 is 0 Å². The molecule has 0 spiro atoms. The maximum Gasteiger partial charge on any atom is 0.227 e. The SMILES string of the molecule is COC1(C)CC(N(C)C(=O)Cc2sc(=S)[nH]c2C)C1(C)C. The molecule has 6 heteroatoms. The monoisotopic (exact) mass is 328 g/mol. The van der Waals surface area contributed by atoms with Crippen LogP contribution in [0.3, 0.4) is 0 Å². The van der Waals surface area contributed by atoms with E-state index in [0.29, 0.717) is 6.42 Å². The highest BCUT2D eigenvalue weighted by molar-refractivity contribution is 7.73. The Morgan fingerprint density at radius 3 is 2.57 bits per heavy atom. The second kappa shape index (κ2) is 5.48. The van der Waals surface area contributed by atoms with Gasteiger partial charge in [-0.1, -0.05) is 13.8 Å². The molecule has 118 valence electrons. The van der Waals surface area contributed by atoms with Crippen molar-refractivity contribution < 1.29 is 9.53 Å². The van der Waals surface area contributed by atoms with Crippen molar-refractivity contribution in [1.29, 1.82) is 0 Å². The minimum absolute atomic E-state index is 0.0496. The predicted molar refractivity (Wildman–Crippen MR) is 88.3 cm³/mol. The lowest BCUT2D eigenvalue weighted by Crippen LogP contribution is -2.68. The van der Waals surface area contributed by atoms with Crippen LogP contribution in [0.15, 0.2) is 0 Å². The van der Waals surface area contributed by atoms with Crippen molar-refractivity contribution in [2.45, 2.75) is 52.2 Å². The number of nitrogens with one attached hydrogen (secondary N) is 1. The first-order valence-electron chi connectivity index (χ1n) is 7.12. The molecule has 1 saturated carbocycles. The quantitative estimate of drug-likeness (QED) is 0.863. The van der Waals surface area contributed by atoms with E-state index in [4.69, 9.17) is 17.0 Å². The number of hydrogen-bond acceptors (Lipinski definition) is 4. The summed E-state index contributed by atoms with van der Waals surface area (Å²) in [5.41, 5.74) is 0.792. The molecule has 0 aromatic carbocycles. The number of hydrogen-bond donors (Lipinski definition) is 1. The molecule has 2 unspecified atom stereocenters. The fourth-order valence-corrected chi connectivity index (χ4v) is 4.40. The molecule has 2 rings (SSSR count). The van der Waals surface area contributed by atoms with Crippen molar-refractivity contribution in [3.05, 3.63) is 14.5 Å². The van der Waals surface area contributed by atoms with E-state index in [2.05, 4.69) is 25.8 Å². The third kappa shape index (κ3) is 2.69. The van der Waals surface area contributed by atoms with Gasteiger partial charge >= 0.3 is 0 Å². The predicted octanol–water partition coefficient (Wildman–Crippen LogP) is 3.32. The van der Waals surface area contributed by atoms with E-state index in [1.807, 2.05) is 18.9 Å². The molecule has 1 N–H and O–H groups in total.